The summed E-state index contributed by atoms with van der Waals surface area (Å²) in [5.41, 5.74) is 0.795. The zero-order chi connectivity index (χ0) is 14.2. The van der Waals surface area contributed by atoms with Crippen LogP contribution >= 0.6 is 11.8 Å². The van der Waals surface area contributed by atoms with Gasteiger partial charge in [0.25, 0.3) is 0 Å². The van der Waals surface area contributed by atoms with Crippen molar-refractivity contribution < 1.29 is 4.79 Å². The molecule has 0 radical (unpaired) electrons. The number of benzene rings is 2. The van der Waals surface area contributed by atoms with Crippen LogP contribution in [0.4, 0.5) is 10.5 Å². The first kappa shape index (κ1) is 14.2. The molecule has 0 spiro atoms. The molecular weight excluding hydrogens is 268 g/mol. The average molecular weight is 284 g/mol. The fraction of sp³-hybridized carbons (Fsp3) is 0.0625. The second-order valence-corrected chi connectivity index (χ2v) is 5.13. The van der Waals surface area contributed by atoms with E-state index in [0.717, 1.165) is 15.5 Å². The molecule has 0 heterocycles. The second kappa shape index (κ2) is 7.40. The lowest BCUT2D eigenvalue weighted by Crippen LogP contribution is -2.23. The molecule has 4 heteroatoms. The quantitative estimate of drug-likeness (QED) is 0.868. The number of urea groups is 1. The number of hydrogen-bond acceptors (Lipinski definition) is 2. The summed E-state index contributed by atoms with van der Waals surface area (Å²) in [6.07, 6.45) is 3.37. The molecule has 0 saturated heterocycles. The summed E-state index contributed by atoms with van der Waals surface area (Å²) >= 11 is 1.62. The van der Waals surface area contributed by atoms with E-state index in [1.807, 2.05) is 61.5 Å². The maximum Gasteiger partial charge on any atom is 0.323 e. The molecule has 0 atom stereocenters. The van der Waals surface area contributed by atoms with Gasteiger partial charge in [-0.15, -0.1) is 0 Å². The van der Waals surface area contributed by atoms with E-state index in [1.54, 1.807) is 24.0 Å². The molecule has 2 aromatic rings. The van der Waals surface area contributed by atoms with Crippen molar-refractivity contribution in [3.63, 3.8) is 0 Å². The third-order valence-corrected chi connectivity index (χ3v) is 3.57. The smallest absolute Gasteiger partial charge is 0.315 e. The van der Waals surface area contributed by atoms with Gasteiger partial charge in [-0.25, -0.2) is 4.79 Å². The lowest BCUT2D eigenvalue weighted by molar-refractivity contribution is 0.255. The molecule has 20 heavy (non-hydrogen) atoms. The fourth-order valence-corrected chi connectivity index (χ4v) is 2.51. The van der Waals surface area contributed by atoms with E-state index in [2.05, 4.69) is 10.6 Å². The average Bonchev–Trinajstić information content (AvgIpc) is 2.48. The van der Waals surface area contributed by atoms with Gasteiger partial charge in [-0.3, -0.25) is 0 Å². The highest BCUT2D eigenvalue weighted by Crippen LogP contribution is 2.32. The van der Waals surface area contributed by atoms with Crippen LogP contribution in [0.3, 0.4) is 0 Å². The predicted molar refractivity (Wildman–Crippen MR) is 84.0 cm³/mol. The van der Waals surface area contributed by atoms with Gasteiger partial charge in [-0.1, -0.05) is 48.2 Å². The minimum Gasteiger partial charge on any atom is -0.315 e. The third kappa shape index (κ3) is 4.17. The standard InChI is InChI=1S/C16H16N2OS/c1-2-12-17-16(19)18-14-10-6-7-11-15(14)20-13-8-4-3-5-9-13/h2-12H,1H3,(H2,17,18,19)/b12-2+. The molecule has 2 amide bonds. The number of allylic oxidation sites excluding steroid dienone is 1. The minimum atomic E-state index is -0.246. The Morgan fingerprint density at radius 1 is 1.05 bits per heavy atom. The normalized spacial score (nSPS) is 10.4. The molecule has 0 aliphatic carbocycles. The molecule has 3 nitrogen and oxygen atoms in total. The van der Waals surface area contributed by atoms with Gasteiger partial charge in [0.05, 0.1) is 5.69 Å². The Balaban J connectivity index is 2.12. The monoisotopic (exact) mass is 284 g/mol. The number of anilines is 1. The molecule has 0 unspecified atom stereocenters. The Labute approximate surface area is 123 Å². The topological polar surface area (TPSA) is 41.1 Å². The first-order valence-corrected chi connectivity index (χ1v) is 7.12. The van der Waals surface area contributed by atoms with Crippen LogP contribution in [0.25, 0.3) is 0 Å². The largest absolute Gasteiger partial charge is 0.323 e. The van der Waals surface area contributed by atoms with E-state index in [0.29, 0.717) is 0 Å². The predicted octanol–water partition coefficient (Wildman–Crippen LogP) is 4.49. The van der Waals surface area contributed by atoms with Crippen molar-refractivity contribution in [2.75, 3.05) is 5.32 Å². The van der Waals surface area contributed by atoms with E-state index in [-0.39, 0.29) is 6.03 Å². The summed E-state index contributed by atoms with van der Waals surface area (Å²) < 4.78 is 0. The maximum atomic E-state index is 11.7. The molecule has 102 valence electrons. The van der Waals surface area contributed by atoms with Gasteiger partial charge in [-0.2, -0.15) is 0 Å². The highest BCUT2D eigenvalue weighted by molar-refractivity contribution is 7.99. The summed E-state index contributed by atoms with van der Waals surface area (Å²) in [5.74, 6) is 0. The van der Waals surface area contributed by atoms with Crippen molar-refractivity contribution in [2.24, 2.45) is 0 Å². The molecule has 0 fully saturated rings. The van der Waals surface area contributed by atoms with Gasteiger partial charge in [0.2, 0.25) is 0 Å². The zero-order valence-electron chi connectivity index (χ0n) is 11.2. The Bertz CT molecular complexity index is 596. The van der Waals surface area contributed by atoms with Gasteiger partial charge in [0.1, 0.15) is 0 Å². The third-order valence-electron chi connectivity index (χ3n) is 2.49. The molecule has 2 aromatic carbocycles. The summed E-state index contributed by atoms with van der Waals surface area (Å²) in [6.45, 7) is 1.85. The van der Waals surface area contributed by atoms with Crippen LogP contribution in [0.2, 0.25) is 0 Å². The summed E-state index contributed by atoms with van der Waals surface area (Å²) in [7, 11) is 0. The lowest BCUT2D eigenvalue weighted by atomic mass is 10.3. The first-order chi connectivity index (χ1) is 9.79. The molecule has 2 rings (SSSR count). The van der Waals surface area contributed by atoms with E-state index in [1.165, 1.54) is 0 Å². The molecular formula is C16H16N2OS. The number of nitrogens with one attached hydrogen (secondary N) is 2. The van der Waals surface area contributed by atoms with Gasteiger partial charge in [0.15, 0.2) is 0 Å². The van der Waals surface area contributed by atoms with Crippen LogP contribution in [0.15, 0.2) is 76.7 Å². The fourth-order valence-electron chi connectivity index (χ4n) is 1.59. The van der Waals surface area contributed by atoms with Crippen molar-refractivity contribution >= 4 is 23.5 Å². The second-order valence-electron chi connectivity index (χ2n) is 4.01. The summed E-state index contributed by atoms with van der Waals surface area (Å²) in [5, 5.41) is 5.48. The highest BCUT2D eigenvalue weighted by atomic mass is 32.2. The zero-order valence-corrected chi connectivity index (χ0v) is 12.0. The van der Waals surface area contributed by atoms with E-state index in [9.17, 15) is 4.79 Å². The highest BCUT2D eigenvalue weighted by Gasteiger charge is 2.06. The number of carbonyl (C=O) groups excluding carboxylic acids is 1. The number of amides is 2. The van der Waals surface area contributed by atoms with Crippen LogP contribution in [0, 0.1) is 0 Å². The Morgan fingerprint density at radius 3 is 2.50 bits per heavy atom. The lowest BCUT2D eigenvalue weighted by Gasteiger charge is -2.10. The van der Waals surface area contributed by atoms with Gasteiger partial charge < -0.3 is 10.6 Å². The molecule has 0 bridgehead atoms. The van der Waals surface area contributed by atoms with E-state index in [4.69, 9.17) is 0 Å². The van der Waals surface area contributed by atoms with Crippen molar-refractivity contribution in [1.82, 2.24) is 5.32 Å². The molecule has 0 aliphatic rings. The van der Waals surface area contributed by atoms with Crippen molar-refractivity contribution in [1.29, 1.82) is 0 Å². The van der Waals surface area contributed by atoms with Crippen LogP contribution in [-0.4, -0.2) is 6.03 Å². The summed E-state index contributed by atoms with van der Waals surface area (Å²) in [6, 6.07) is 17.6. The van der Waals surface area contributed by atoms with Crippen molar-refractivity contribution in [3.8, 4) is 0 Å². The Hall–Kier alpha value is -2.20. The Morgan fingerprint density at radius 2 is 1.75 bits per heavy atom. The molecule has 0 aromatic heterocycles. The molecule has 0 saturated carbocycles. The van der Waals surface area contributed by atoms with Crippen LogP contribution in [-0.2, 0) is 0 Å². The van der Waals surface area contributed by atoms with Crippen LogP contribution in [0.5, 0.6) is 0 Å². The van der Waals surface area contributed by atoms with Crippen molar-refractivity contribution in [2.45, 2.75) is 16.7 Å². The van der Waals surface area contributed by atoms with Crippen molar-refractivity contribution in [3.05, 3.63) is 66.9 Å². The van der Waals surface area contributed by atoms with Gasteiger partial charge in [-0.05, 0) is 31.2 Å². The first-order valence-electron chi connectivity index (χ1n) is 6.30. The Kier molecular flexibility index (Phi) is 5.26. The number of para-hydroxylation sites is 1. The van der Waals surface area contributed by atoms with E-state index >= 15 is 0 Å². The maximum absolute atomic E-state index is 11.7. The van der Waals surface area contributed by atoms with Crippen LogP contribution < -0.4 is 10.6 Å². The number of rotatable bonds is 4. The number of carbonyl (C=O) groups is 1. The molecule has 0 aliphatic heterocycles. The minimum absolute atomic E-state index is 0.246. The molecule has 2 N–H and O–H groups in total. The van der Waals surface area contributed by atoms with Crippen LogP contribution in [0.1, 0.15) is 6.92 Å². The summed E-state index contributed by atoms with van der Waals surface area (Å²) in [4.78, 5) is 13.8. The van der Waals surface area contributed by atoms with Gasteiger partial charge >= 0.3 is 6.03 Å². The SMILES string of the molecule is C/C=C/NC(=O)Nc1ccccc1Sc1ccccc1. The van der Waals surface area contributed by atoms with Gasteiger partial charge in [0, 0.05) is 16.0 Å². The van der Waals surface area contributed by atoms with E-state index < -0.39 is 0 Å². The number of hydrogen-bond donors (Lipinski definition) is 2.